The molecule has 5 atom stereocenters. The molecule has 2 amide bonds. The number of ether oxygens (including phenoxy) is 4. The van der Waals surface area contributed by atoms with Crippen LogP contribution >= 0.6 is 0 Å². The Bertz CT molecular complexity index is 1590. The van der Waals surface area contributed by atoms with Crippen molar-refractivity contribution in [1.82, 2.24) is 14.5 Å². The van der Waals surface area contributed by atoms with E-state index in [9.17, 15) is 28.2 Å². The Kier molecular flexibility index (Phi) is 10.7. The van der Waals surface area contributed by atoms with E-state index in [1.54, 1.807) is 0 Å². The first-order valence-corrected chi connectivity index (χ1v) is 18.5. The van der Waals surface area contributed by atoms with Gasteiger partial charge < -0.3 is 44.2 Å². The Labute approximate surface area is 287 Å². The molecule has 3 heterocycles. The van der Waals surface area contributed by atoms with E-state index in [0.29, 0.717) is 43.9 Å². The second-order valence-electron chi connectivity index (χ2n) is 14.2. The second kappa shape index (κ2) is 14.8. The summed E-state index contributed by atoms with van der Waals surface area (Å²) < 4.78 is 52.4. The van der Waals surface area contributed by atoms with Crippen LogP contribution in [0.3, 0.4) is 0 Å². The molecule has 13 nitrogen and oxygen atoms in total. The van der Waals surface area contributed by atoms with Crippen LogP contribution in [0, 0.1) is 17.3 Å². The van der Waals surface area contributed by atoms with Gasteiger partial charge in [-0.1, -0.05) is 44.2 Å². The van der Waals surface area contributed by atoms with Gasteiger partial charge in [0.25, 0.3) is 0 Å². The number of nitrogens with one attached hydrogen (secondary N) is 1. The van der Waals surface area contributed by atoms with Crippen molar-refractivity contribution in [3.63, 3.8) is 0 Å². The predicted octanol–water partition coefficient (Wildman–Crippen LogP) is 2.12. The van der Waals surface area contributed by atoms with Crippen molar-refractivity contribution in [2.24, 2.45) is 17.3 Å². The third-order valence-corrected chi connectivity index (χ3v) is 11.7. The molecule has 2 aromatic carbocycles. The summed E-state index contributed by atoms with van der Waals surface area (Å²) in [5, 5.41) is 27.9. The summed E-state index contributed by atoms with van der Waals surface area (Å²) in [7, 11) is -4.24. The lowest BCUT2D eigenvalue weighted by Crippen LogP contribution is -2.61. The standard InChI is InChI=1S/C35H47N3O10S/c1-35(2,14-6-15-36-32(40)24-9-10-24)21-37(49(43,44)25-11-12-30-31(18-25)48-22-47-30)19-29(39)27(17-23-7-4-3-5-8-23)38(34(41)42)28-20-46-33-26(28)13-16-45-33/h3-5,7-8,11-12,18,24,26-29,33,39H,6,9-10,13-17,19-22H2,1-2H3,(H,36,40)(H,41,42)/p-1/t26-,27-,28-,29+,33+/m0/s1. The summed E-state index contributed by atoms with van der Waals surface area (Å²) in [5.41, 5.74) is 0.194. The van der Waals surface area contributed by atoms with Crippen molar-refractivity contribution < 1.29 is 47.2 Å². The van der Waals surface area contributed by atoms with Gasteiger partial charge >= 0.3 is 0 Å². The fourth-order valence-corrected chi connectivity index (χ4v) is 8.77. The second-order valence-corrected chi connectivity index (χ2v) is 16.2. The van der Waals surface area contributed by atoms with Crippen molar-refractivity contribution >= 4 is 22.0 Å². The number of hydrogen-bond acceptors (Lipinski definition) is 10. The largest absolute Gasteiger partial charge is 0.530 e. The number of amides is 2. The highest BCUT2D eigenvalue weighted by molar-refractivity contribution is 7.89. The summed E-state index contributed by atoms with van der Waals surface area (Å²) in [5.74, 6) is 0.643. The van der Waals surface area contributed by atoms with Crippen LogP contribution in [0.15, 0.2) is 53.4 Å². The first kappa shape index (κ1) is 35.4. The van der Waals surface area contributed by atoms with Crippen LogP contribution in [0.4, 0.5) is 4.79 Å². The van der Waals surface area contributed by atoms with Gasteiger partial charge in [-0.25, -0.2) is 8.42 Å². The van der Waals surface area contributed by atoms with E-state index in [-0.39, 0.29) is 49.0 Å². The Morgan fingerprint density at radius 1 is 1.06 bits per heavy atom. The lowest BCUT2D eigenvalue weighted by Gasteiger charge is -2.43. The van der Waals surface area contributed by atoms with Crippen LogP contribution < -0.4 is 19.9 Å². The Morgan fingerprint density at radius 3 is 2.55 bits per heavy atom. The quantitative estimate of drug-likeness (QED) is 0.248. The number of fused-ring (bicyclic) bond motifs is 2. The lowest BCUT2D eigenvalue weighted by molar-refractivity contribution is -0.273. The van der Waals surface area contributed by atoms with Gasteiger partial charge in [0.2, 0.25) is 22.7 Å². The molecular weight excluding hydrogens is 654 g/mol. The molecule has 3 fully saturated rings. The molecule has 2 aromatic rings. The minimum absolute atomic E-state index is 0.0197. The van der Waals surface area contributed by atoms with Crippen LogP contribution in [-0.2, 0) is 30.7 Å². The summed E-state index contributed by atoms with van der Waals surface area (Å²) in [4.78, 5) is 26.2. The van der Waals surface area contributed by atoms with Crippen LogP contribution in [-0.4, -0.2) is 98.8 Å². The van der Waals surface area contributed by atoms with Crippen LogP contribution in [0.1, 0.15) is 51.5 Å². The van der Waals surface area contributed by atoms with Gasteiger partial charge in [-0.05, 0) is 61.6 Å². The molecule has 49 heavy (non-hydrogen) atoms. The first-order valence-electron chi connectivity index (χ1n) is 17.0. The molecule has 0 bridgehead atoms. The lowest BCUT2D eigenvalue weighted by atomic mass is 9.87. The zero-order valence-electron chi connectivity index (χ0n) is 28.0. The maximum absolute atomic E-state index is 14.4. The average molecular weight is 701 g/mol. The topological polar surface area (TPSA) is 167 Å². The number of carbonyl (C=O) groups is 2. The number of aliphatic hydroxyl groups excluding tert-OH is 1. The van der Waals surface area contributed by atoms with Gasteiger partial charge in [-0.3, -0.25) is 4.79 Å². The van der Waals surface area contributed by atoms with Gasteiger partial charge in [-0.15, -0.1) is 0 Å². The SMILES string of the molecule is CC(C)(CCCNC(=O)C1CC1)CN(C[C@@H](O)[C@H](Cc1ccccc1)N(C(=O)[O-])[C@H]1CO[C@H]2OCC[C@H]21)S(=O)(=O)c1ccc2c(c1)OCO2. The Hall–Kier alpha value is -3.43. The maximum Gasteiger partial charge on any atom is 0.243 e. The van der Waals surface area contributed by atoms with Crippen molar-refractivity contribution in [3.05, 3.63) is 54.1 Å². The zero-order chi connectivity index (χ0) is 34.8. The molecule has 0 radical (unpaired) electrons. The van der Waals surface area contributed by atoms with Gasteiger partial charge in [0.05, 0.1) is 36.3 Å². The Balaban J connectivity index is 1.28. The monoisotopic (exact) mass is 700 g/mol. The van der Waals surface area contributed by atoms with Crippen LogP contribution in [0.25, 0.3) is 0 Å². The van der Waals surface area contributed by atoms with E-state index >= 15 is 0 Å². The van der Waals surface area contributed by atoms with Crippen molar-refractivity contribution in [1.29, 1.82) is 0 Å². The van der Waals surface area contributed by atoms with Crippen molar-refractivity contribution in [2.45, 2.75) is 81.7 Å². The summed E-state index contributed by atoms with van der Waals surface area (Å²) in [6, 6.07) is 11.9. The average Bonchev–Trinajstić information content (AvgIpc) is 3.43. The summed E-state index contributed by atoms with van der Waals surface area (Å²) in [6.07, 6.45) is 0.289. The number of rotatable bonds is 16. The van der Waals surface area contributed by atoms with E-state index in [2.05, 4.69) is 5.32 Å². The number of carboxylic acid groups (broad SMARTS) is 1. The van der Waals surface area contributed by atoms with Gasteiger partial charge in [0.15, 0.2) is 17.8 Å². The van der Waals surface area contributed by atoms with Gasteiger partial charge in [-0.2, -0.15) is 4.31 Å². The fraction of sp³-hybridized carbons (Fsp3) is 0.600. The predicted molar refractivity (Wildman–Crippen MR) is 175 cm³/mol. The fourth-order valence-electron chi connectivity index (χ4n) is 7.11. The smallest absolute Gasteiger partial charge is 0.243 e. The van der Waals surface area contributed by atoms with E-state index in [1.807, 2.05) is 44.2 Å². The number of hydrogen-bond donors (Lipinski definition) is 2. The summed E-state index contributed by atoms with van der Waals surface area (Å²) in [6.45, 7) is 4.47. The van der Waals surface area contributed by atoms with Crippen molar-refractivity contribution in [2.75, 3.05) is 39.6 Å². The number of carbonyl (C=O) groups excluding carboxylic acids is 2. The molecule has 268 valence electrons. The highest BCUT2D eigenvalue weighted by Gasteiger charge is 2.47. The molecule has 2 N–H and O–H groups in total. The van der Waals surface area contributed by atoms with E-state index < -0.39 is 52.6 Å². The maximum atomic E-state index is 14.4. The van der Waals surface area contributed by atoms with Gasteiger partial charge in [0.1, 0.15) is 6.09 Å². The first-order chi connectivity index (χ1) is 23.4. The minimum atomic E-state index is -4.24. The molecule has 1 aliphatic carbocycles. The molecule has 0 spiro atoms. The molecule has 14 heteroatoms. The minimum Gasteiger partial charge on any atom is -0.530 e. The molecule has 6 rings (SSSR count). The van der Waals surface area contributed by atoms with E-state index in [4.69, 9.17) is 18.9 Å². The third kappa shape index (κ3) is 8.31. The molecule has 4 aliphatic rings. The zero-order valence-corrected chi connectivity index (χ0v) is 28.8. The summed E-state index contributed by atoms with van der Waals surface area (Å²) >= 11 is 0. The van der Waals surface area contributed by atoms with Crippen LogP contribution in [0.2, 0.25) is 0 Å². The normalized spacial score (nSPS) is 22.9. The number of aliphatic hydroxyl groups is 1. The molecule has 0 aromatic heterocycles. The highest BCUT2D eigenvalue weighted by Crippen LogP contribution is 2.38. The van der Waals surface area contributed by atoms with Gasteiger partial charge in [0, 0.05) is 37.5 Å². The molecule has 1 saturated carbocycles. The number of nitrogens with zero attached hydrogens (tertiary/aromatic N) is 2. The van der Waals surface area contributed by atoms with Crippen molar-refractivity contribution in [3.8, 4) is 11.5 Å². The third-order valence-electron chi connectivity index (χ3n) is 9.92. The number of benzene rings is 2. The Morgan fingerprint density at radius 2 is 1.82 bits per heavy atom. The molecule has 3 aliphatic heterocycles. The molecule has 2 saturated heterocycles. The number of sulfonamides is 1. The highest BCUT2D eigenvalue weighted by atomic mass is 32.2. The van der Waals surface area contributed by atoms with E-state index in [0.717, 1.165) is 23.3 Å². The van der Waals surface area contributed by atoms with E-state index in [1.165, 1.54) is 22.5 Å². The molecule has 0 unspecified atom stereocenters. The van der Waals surface area contributed by atoms with Crippen LogP contribution in [0.5, 0.6) is 11.5 Å². The molecular formula is C35H46N3O10S-.